The second-order valence-electron chi connectivity index (χ2n) is 7.48. The normalized spacial score (nSPS) is 30.3. The molecule has 2 saturated heterocycles. The summed E-state index contributed by atoms with van der Waals surface area (Å²) in [4.78, 5) is 5.34. The van der Waals surface area contributed by atoms with E-state index in [0.29, 0.717) is 6.04 Å². The molecule has 0 aromatic carbocycles. The smallest absolute Gasteiger partial charge is 0.0113 e. The van der Waals surface area contributed by atoms with Crippen LogP contribution in [0.2, 0.25) is 0 Å². The summed E-state index contributed by atoms with van der Waals surface area (Å²) in [5.41, 5.74) is 0. The molecule has 2 aliphatic rings. The van der Waals surface area contributed by atoms with E-state index in [-0.39, 0.29) is 0 Å². The number of piperidine rings is 2. The Morgan fingerprint density at radius 3 is 2.38 bits per heavy atom. The highest BCUT2D eigenvalue weighted by atomic mass is 15.2. The number of nitrogens with one attached hydrogen (secondary N) is 1. The third-order valence-corrected chi connectivity index (χ3v) is 5.68. The molecule has 2 fully saturated rings. The van der Waals surface area contributed by atoms with Crippen molar-refractivity contribution in [1.82, 2.24) is 15.1 Å². The van der Waals surface area contributed by atoms with E-state index in [1.807, 2.05) is 0 Å². The molecule has 0 amide bonds. The molecule has 0 aromatic heterocycles. The molecule has 0 saturated carbocycles. The zero-order valence-electron chi connectivity index (χ0n) is 14.8. The first-order valence-corrected chi connectivity index (χ1v) is 9.31. The Kier molecular flexibility index (Phi) is 6.97. The van der Waals surface area contributed by atoms with E-state index < -0.39 is 0 Å². The van der Waals surface area contributed by atoms with Crippen LogP contribution in [-0.4, -0.2) is 60.6 Å². The maximum Gasteiger partial charge on any atom is 0.0113 e. The van der Waals surface area contributed by atoms with Crippen molar-refractivity contribution in [3.63, 3.8) is 0 Å². The fourth-order valence-electron chi connectivity index (χ4n) is 4.21. The number of unbranched alkanes of at least 4 members (excludes halogenated alkanes) is 1. The highest BCUT2D eigenvalue weighted by Gasteiger charge is 2.37. The van der Waals surface area contributed by atoms with E-state index in [4.69, 9.17) is 0 Å². The Hall–Kier alpha value is -0.120. The first kappa shape index (κ1) is 17.2. The molecule has 3 nitrogen and oxygen atoms in total. The Morgan fingerprint density at radius 2 is 1.81 bits per heavy atom. The van der Waals surface area contributed by atoms with Crippen LogP contribution in [-0.2, 0) is 0 Å². The topological polar surface area (TPSA) is 18.5 Å². The quantitative estimate of drug-likeness (QED) is 0.694. The maximum atomic E-state index is 3.69. The van der Waals surface area contributed by atoms with Crippen LogP contribution in [0.1, 0.15) is 65.7 Å². The van der Waals surface area contributed by atoms with Crippen molar-refractivity contribution in [3.8, 4) is 0 Å². The lowest BCUT2D eigenvalue weighted by Crippen LogP contribution is -2.56. The van der Waals surface area contributed by atoms with Crippen LogP contribution in [0.4, 0.5) is 0 Å². The summed E-state index contributed by atoms with van der Waals surface area (Å²) < 4.78 is 0. The minimum absolute atomic E-state index is 0.681. The largest absolute Gasteiger partial charge is 0.314 e. The molecular weight excluding hydrogens is 258 g/mol. The lowest BCUT2D eigenvalue weighted by Gasteiger charge is -2.49. The Morgan fingerprint density at radius 1 is 1.14 bits per heavy atom. The molecule has 2 rings (SSSR count). The second kappa shape index (κ2) is 8.50. The van der Waals surface area contributed by atoms with Gasteiger partial charge in [0.1, 0.15) is 0 Å². The third kappa shape index (κ3) is 4.94. The predicted molar refractivity (Wildman–Crippen MR) is 91.8 cm³/mol. The Balaban J connectivity index is 1.73. The summed E-state index contributed by atoms with van der Waals surface area (Å²) in [5, 5.41) is 3.69. The van der Waals surface area contributed by atoms with Crippen molar-refractivity contribution < 1.29 is 0 Å². The van der Waals surface area contributed by atoms with Gasteiger partial charge in [-0.15, -0.1) is 0 Å². The highest BCUT2D eigenvalue weighted by Crippen LogP contribution is 2.34. The molecule has 124 valence electrons. The second-order valence-corrected chi connectivity index (χ2v) is 7.48. The van der Waals surface area contributed by atoms with E-state index in [1.165, 1.54) is 58.0 Å². The van der Waals surface area contributed by atoms with Gasteiger partial charge < -0.3 is 10.2 Å². The molecule has 2 aliphatic heterocycles. The van der Waals surface area contributed by atoms with Crippen LogP contribution in [0.3, 0.4) is 0 Å². The number of fused-ring (bicyclic) bond motifs is 2. The predicted octanol–water partition coefficient (Wildman–Crippen LogP) is 3.10. The van der Waals surface area contributed by atoms with Gasteiger partial charge in [-0.05, 0) is 79.1 Å². The lowest BCUT2D eigenvalue weighted by atomic mass is 9.81. The molecule has 2 atom stereocenters. The molecule has 2 unspecified atom stereocenters. The van der Waals surface area contributed by atoms with Gasteiger partial charge in [-0.3, -0.25) is 4.90 Å². The van der Waals surface area contributed by atoms with E-state index in [1.54, 1.807) is 0 Å². The van der Waals surface area contributed by atoms with E-state index in [9.17, 15) is 0 Å². The molecule has 0 aliphatic carbocycles. The van der Waals surface area contributed by atoms with E-state index in [0.717, 1.165) is 24.7 Å². The fourth-order valence-corrected chi connectivity index (χ4v) is 4.21. The Labute approximate surface area is 132 Å². The molecule has 3 heteroatoms. The van der Waals surface area contributed by atoms with Crippen molar-refractivity contribution in [2.24, 2.45) is 0 Å². The average molecular weight is 296 g/mol. The van der Waals surface area contributed by atoms with Gasteiger partial charge in [0.2, 0.25) is 0 Å². The van der Waals surface area contributed by atoms with Gasteiger partial charge in [0.15, 0.2) is 0 Å². The number of hydrogen-bond donors (Lipinski definition) is 1. The monoisotopic (exact) mass is 295 g/mol. The molecule has 21 heavy (non-hydrogen) atoms. The molecule has 2 bridgehead atoms. The summed E-state index contributed by atoms with van der Waals surface area (Å²) in [7, 11) is 2.25. The van der Waals surface area contributed by atoms with Gasteiger partial charge in [0, 0.05) is 24.2 Å². The van der Waals surface area contributed by atoms with Gasteiger partial charge in [-0.25, -0.2) is 0 Å². The van der Waals surface area contributed by atoms with Crippen LogP contribution >= 0.6 is 0 Å². The van der Waals surface area contributed by atoms with Crippen molar-refractivity contribution in [3.05, 3.63) is 0 Å². The summed E-state index contributed by atoms with van der Waals surface area (Å²) >= 11 is 0. The first-order chi connectivity index (χ1) is 10.1. The van der Waals surface area contributed by atoms with Gasteiger partial charge in [-0.1, -0.05) is 13.3 Å². The minimum atomic E-state index is 0.681. The summed E-state index contributed by atoms with van der Waals surface area (Å²) in [5.74, 6) is 0. The number of rotatable bonds is 8. The molecule has 1 N–H and O–H groups in total. The standard InChI is InChI=1S/C18H37N3/c1-5-19-16-13-17-9-8-10-18(14-16)21(17)12-7-6-11-20(4)15(2)3/h15-19H,5-14H2,1-4H3. The summed E-state index contributed by atoms with van der Waals surface area (Å²) in [6, 6.07) is 3.20. The van der Waals surface area contributed by atoms with Gasteiger partial charge in [0.25, 0.3) is 0 Å². The first-order valence-electron chi connectivity index (χ1n) is 9.31. The molecule has 0 aromatic rings. The van der Waals surface area contributed by atoms with Crippen molar-refractivity contribution in [2.75, 3.05) is 26.7 Å². The minimum Gasteiger partial charge on any atom is -0.314 e. The van der Waals surface area contributed by atoms with Crippen LogP contribution in [0.25, 0.3) is 0 Å². The molecular formula is C18H37N3. The van der Waals surface area contributed by atoms with E-state index in [2.05, 4.69) is 42.9 Å². The average Bonchev–Trinajstić information content (AvgIpc) is 2.43. The van der Waals surface area contributed by atoms with Crippen LogP contribution in [0.5, 0.6) is 0 Å². The van der Waals surface area contributed by atoms with Gasteiger partial charge in [-0.2, -0.15) is 0 Å². The molecule has 0 radical (unpaired) electrons. The highest BCUT2D eigenvalue weighted by molar-refractivity contribution is 4.94. The molecule has 0 spiro atoms. The van der Waals surface area contributed by atoms with Gasteiger partial charge in [0.05, 0.1) is 0 Å². The van der Waals surface area contributed by atoms with Crippen molar-refractivity contribution in [2.45, 2.75) is 89.9 Å². The maximum absolute atomic E-state index is 3.69. The zero-order chi connectivity index (χ0) is 15.2. The Bertz CT molecular complexity index is 278. The third-order valence-electron chi connectivity index (χ3n) is 5.68. The van der Waals surface area contributed by atoms with Crippen LogP contribution < -0.4 is 5.32 Å². The zero-order valence-corrected chi connectivity index (χ0v) is 14.8. The number of nitrogens with zero attached hydrogens (tertiary/aromatic N) is 2. The van der Waals surface area contributed by atoms with Crippen LogP contribution in [0.15, 0.2) is 0 Å². The van der Waals surface area contributed by atoms with E-state index >= 15 is 0 Å². The fraction of sp³-hybridized carbons (Fsp3) is 1.00. The SMILES string of the molecule is CCNC1CC2CCCC(C1)N2CCCCN(C)C(C)C. The van der Waals surface area contributed by atoms with Gasteiger partial charge >= 0.3 is 0 Å². The number of hydrogen-bond acceptors (Lipinski definition) is 3. The van der Waals surface area contributed by atoms with Crippen molar-refractivity contribution >= 4 is 0 Å². The molecule has 2 heterocycles. The summed E-state index contributed by atoms with van der Waals surface area (Å²) in [6.07, 6.45) is 9.82. The lowest BCUT2D eigenvalue weighted by molar-refractivity contribution is 0.0232. The summed E-state index contributed by atoms with van der Waals surface area (Å²) in [6.45, 7) is 10.5. The van der Waals surface area contributed by atoms with Crippen molar-refractivity contribution in [1.29, 1.82) is 0 Å². The van der Waals surface area contributed by atoms with Crippen LogP contribution in [0, 0.1) is 0 Å².